The van der Waals surface area contributed by atoms with Crippen LogP contribution in [0, 0.1) is 21.4 Å². The molecule has 0 aliphatic carbocycles. The van der Waals surface area contributed by atoms with Crippen LogP contribution >= 0.6 is 0 Å². The highest BCUT2D eigenvalue weighted by Crippen LogP contribution is 2.24. The van der Waals surface area contributed by atoms with Crippen molar-refractivity contribution in [2.24, 2.45) is 0 Å². The highest BCUT2D eigenvalue weighted by Gasteiger charge is 2.26. The summed E-state index contributed by atoms with van der Waals surface area (Å²) in [6, 6.07) is 6.14. The summed E-state index contributed by atoms with van der Waals surface area (Å²) in [6.07, 6.45) is 0.184. The Hall–Kier alpha value is -2.62. The summed E-state index contributed by atoms with van der Waals surface area (Å²) in [4.78, 5) is 24.6. The van der Waals surface area contributed by atoms with E-state index in [1.807, 2.05) is 19.9 Å². The molecule has 0 bridgehead atoms. The van der Waals surface area contributed by atoms with Crippen molar-refractivity contribution >= 4 is 17.3 Å². The lowest BCUT2D eigenvalue weighted by Gasteiger charge is -2.25. The van der Waals surface area contributed by atoms with Gasteiger partial charge in [0.2, 0.25) is 0 Å². The summed E-state index contributed by atoms with van der Waals surface area (Å²) in [5.41, 5.74) is 0.410. The molecule has 1 N–H and O–H groups in total. The molecule has 0 aliphatic heterocycles. The Morgan fingerprint density at radius 1 is 1.52 bits per heavy atom. The van der Waals surface area contributed by atoms with Crippen molar-refractivity contribution in [1.82, 2.24) is 4.90 Å². The molecule has 21 heavy (non-hydrogen) atoms. The highest BCUT2D eigenvalue weighted by molar-refractivity contribution is 5.99. The first kappa shape index (κ1) is 16.4. The van der Waals surface area contributed by atoms with E-state index in [1.165, 1.54) is 17.0 Å². The number of carbonyl (C=O) groups is 1. The van der Waals surface area contributed by atoms with E-state index in [9.17, 15) is 14.9 Å². The first-order chi connectivity index (χ1) is 9.92. The third-order valence-corrected chi connectivity index (χ3v) is 3.06. The summed E-state index contributed by atoms with van der Waals surface area (Å²) in [7, 11) is 1.67. The van der Waals surface area contributed by atoms with Gasteiger partial charge in [0.15, 0.2) is 0 Å². The van der Waals surface area contributed by atoms with Crippen LogP contribution in [0.15, 0.2) is 18.2 Å². The highest BCUT2D eigenvalue weighted by atomic mass is 16.6. The molecule has 0 atom stereocenters. The molecule has 0 heterocycles. The van der Waals surface area contributed by atoms with Crippen LogP contribution in [0.3, 0.4) is 0 Å². The fourth-order valence-electron chi connectivity index (χ4n) is 1.94. The van der Waals surface area contributed by atoms with Gasteiger partial charge in [-0.05, 0) is 26.0 Å². The van der Waals surface area contributed by atoms with Gasteiger partial charge >= 0.3 is 0 Å². The molecule has 112 valence electrons. The molecule has 1 aromatic carbocycles. The lowest BCUT2D eigenvalue weighted by atomic mass is 10.1. The maximum Gasteiger partial charge on any atom is 0.282 e. The van der Waals surface area contributed by atoms with Gasteiger partial charge in [-0.3, -0.25) is 14.9 Å². The normalized spacial score (nSPS) is 10.0. The van der Waals surface area contributed by atoms with E-state index in [2.05, 4.69) is 5.32 Å². The first-order valence-electron chi connectivity index (χ1n) is 6.56. The van der Waals surface area contributed by atoms with Gasteiger partial charge < -0.3 is 10.2 Å². The molecule has 1 rings (SSSR count). The predicted octanol–water partition coefficient (Wildman–Crippen LogP) is 2.40. The fraction of sp³-hybridized carbons (Fsp3) is 0.429. The second kappa shape index (κ2) is 7.24. The van der Waals surface area contributed by atoms with Gasteiger partial charge in [-0.1, -0.05) is 0 Å². The minimum Gasteiger partial charge on any atom is -0.388 e. The molecule has 0 spiro atoms. The maximum absolute atomic E-state index is 12.6. The van der Waals surface area contributed by atoms with E-state index in [4.69, 9.17) is 5.26 Å². The van der Waals surface area contributed by atoms with E-state index < -0.39 is 10.8 Å². The number of hydrogen-bond acceptors (Lipinski definition) is 5. The molecule has 0 saturated carbocycles. The third-order valence-electron chi connectivity index (χ3n) is 3.06. The summed E-state index contributed by atoms with van der Waals surface area (Å²) < 4.78 is 0. The van der Waals surface area contributed by atoms with Crippen LogP contribution < -0.4 is 5.32 Å². The fourth-order valence-corrected chi connectivity index (χ4v) is 1.94. The SMILES string of the molecule is CNc1ccc([N+](=O)[O-])c(C(=O)N(CCC#N)C(C)C)c1. The van der Waals surface area contributed by atoms with E-state index in [1.54, 1.807) is 13.1 Å². The molecular weight excluding hydrogens is 272 g/mol. The van der Waals surface area contributed by atoms with Crippen molar-refractivity contribution in [3.63, 3.8) is 0 Å². The Kier molecular flexibility index (Phi) is 5.67. The number of hydrogen-bond donors (Lipinski definition) is 1. The number of nitro groups is 1. The van der Waals surface area contributed by atoms with Crippen molar-refractivity contribution in [3.8, 4) is 6.07 Å². The topological polar surface area (TPSA) is 99.3 Å². The summed E-state index contributed by atoms with van der Waals surface area (Å²) in [5, 5.41) is 22.6. The first-order valence-corrected chi connectivity index (χ1v) is 6.56. The predicted molar refractivity (Wildman–Crippen MR) is 79.0 cm³/mol. The van der Waals surface area contributed by atoms with Crippen LogP contribution in [0.2, 0.25) is 0 Å². The van der Waals surface area contributed by atoms with E-state index in [0.29, 0.717) is 5.69 Å². The van der Waals surface area contributed by atoms with E-state index >= 15 is 0 Å². The van der Waals surface area contributed by atoms with Gasteiger partial charge in [-0.2, -0.15) is 5.26 Å². The Morgan fingerprint density at radius 3 is 2.67 bits per heavy atom. The quantitative estimate of drug-likeness (QED) is 0.640. The zero-order valence-corrected chi connectivity index (χ0v) is 12.3. The number of nitrogens with one attached hydrogen (secondary N) is 1. The molecular formula is C14H18N4O3. The van der Waals surface area contributed by atoms with Crippen molar-refractivity contribution < 1.29 is 9.72 Å². The van der Waals surface area contributed by atoms with Crippen molar-refractivity contribution in [3.05, 3.63) is 33.9 Å². The number of anilines is 1. The molecule has 0 aliphatic rings. The number of amides is 1. The number of rotatable bonds is 6. The minimum absolute atomic E-state index is 0.0264. The van der Waals surface area contributed by atoms with E-state index in [0.717, 1.165) is 0 Å². The lowest BCUT2D eigenvalue weighted by Crippen LogP contribution is -2.38. The Bertz CT molecular complexity index is 578. The molecule has 7 heteroatoms. The average Bonchev–Trinajstić information content (AvgIpc) is 2.46. The zero-order chi connectivity index (χ0) is 16.0. The summed E-state index contributed by atoms with van der Waals surface area (Å²) >= 11 is 0. The van der Waals surface area contributed by atoms with Crippen molar-refractivity contribution in [1.29, 1.82) is 5.26 Å². The van der Waals surface area contributed by atoms with E-state index in [-0.39, 0.29) is 30.3 Å². The maximum atomic E-state index is 12.6. The Morgan fingerprint density at radius 2 is 2.19 bits per heavy atom. The molecule has 1 amide bonds. The molecule has 7 nitrogen and oxygen atoms in total. The molecule has 0 unspecified atom stereocenters. The molecule has 0 aromatic heterocycles. The van der Waals surface area contributed by atoms with Crippen LogP contribution in [0.1, 0.15) is 30.6 Å². The third kappa shape index (κ3) is 3.92. The van der Waals surface area contributed by atoms with Crippen molar-refractivity contribution in [2.45, 2.75) is 26.3 Å². The second-order valence-corrected chi connectivity index (χ2v) is 4.74. The molecule has 0 fully saturated rings. The molecule has 0 saturated heterocycles. The zero-order valence-electron chi connectivity index (χ0n) is 12.3. The van der Waals surface area contributed by atoms with Crippen LogP contribution in [0.4, 0.5) is 11.4 Å². The number of carbonyl (C=O) groups excluding carboxylic acids is 1. The van der Waals surface area contributed by atoms with Gasteiger partial charge in [0.1, 0.15) is 5.56 Å². The van der Waals surface area contributed by atoms with Gasteiger partial charge in [-0.25, -0.2) is 0 Å². The minimum atomic E-state index is -0.574. The van der Waals surface area contributed by atoms with Crippen LogP contribution in [-0.4, -0.2) is 35.4 Å². The summed E-state index contributed by atoms with van der Waals surface area (Å²) in [6.45, 7) is 3.86. The van der Waals surface area contributed by atoms with Gasteiger partial charge in [0.25, 0.3) is 11.6 Å². The Balaban J connectivity index is 3.25. The Labute approximate surface area is 123 Å². The van der Waals surface area contributed by atoms with Gasteiger partial charge in [0, 0.05) is 31.4 Å². The largest absolute Gasteiger partial charge is 0.388 e. The number of benzene rings is 1. The number of nitro benzene ring substituents is 1. The number of nitriles is 1. The lowest BCUT2D eigenvalue weighted by molar-refractivity contribution is -0.385. The standard InChI is InChI=1S/C14H18N4O3/c1-10(2)17(8-4-7-15)14(19)12-9-11(16-3)5-6-13(12)18(20)21/h5-6,9-10,16H,4,8H2,1-3H3. The average molecular weight is 290 g/mol. The molecule has 0 radical (unpaired) electrons. The molecule has 1 aromatic rings. The summed E-state index contributed by atoms with van der Waals surface area (Å²) in [5.74, 6) is -0.441. The number of nitrogens with zero attached hydrogens (tertiary/aromatic N) is 3. The van der Waals surface area contributed by atoms with Crippen LogP contribution in [0.25, 0.3) is 0 Å². The van der Waals surface area contributed by atoms with Crippen LogP contribution in [-0.2, 0) is 0 Å². The monoisotopic (exact) mass is 290 g/mol. The second-order valence-electron chi connectivity index (χ2n) is 4.74. The van der Waals surface area contributed by atoms with Gasteiger partial charge in [0.05, 0.1) is 17.4 Å². The van der Waals surface area contributed by atoms with Crippen LogP contribution in [0.5, 0.6) is 0 Å². The van der Waals surface area contributed by atoms with Gasteiger partial charge in [-0.15, -0.1) is 0 Å². The smallest absolute Gasteiger partial charge is 0.282 e. The van der Waals surface area contributed by atoms with Crippen molar-refractivity contribution in [2.75, 3.05) is 18.9 Å².